The highest BCUT2D eigenvalue weighted by atomic mass is 19.1. The highest BCUT2D eigenvalue weighted by Crippen LogP contribution is 2.31. The van der Waals surface area contributed by atoms with E-state index in [4.69, 9.17) is 0 Å². The second kappa shape index (κ2) is 5.55. The normalized spacial score (nSPS) is 18.7. The van der Waals surface area contributed by atoms with Crippen LogP contribution < -0.4 is 5.56 Å². The summed E-state index contributed by atoms with van der Waals surface area (Å²) in [4.78, 5) is 25.4. The lowest BCUT2D eigenvalue weighted by Gasteiger charge is -2.35. The first-order chi connectivity index (χ1) is 10.1. The molecule has 110 valence electrons. The molecule has 1 saturated heterocycles. The summed E-state index contributed by atoms with van der Waals surface area (Å²) < 4.78 is 13.1. The predicted molar refractivity (Wildman–Crippen MR) is 75.4 cm³/mol. The van der Waals surface area contributed by atoms with Crippen molar-refractivity contribution in [1.82, 2.24) is 15.1 Å². The highest BCUT2D eigenvalue weighted by Gasteiger charge is 2.29. The van der Waals surface area contributed by atoms with E-state index < -0.39 is 0 Å². The number of piperidine rings is 1. The number of H-pyrrole nitrogens is 2. The van der Waals surface area contributed by atoms with Gasteiger partial charge in [0.2, 0.25) is 0 Å². The van der Waals surface area contributed by atoms with Crippen molar-refractivity contribution >= 4 is 5.91 Å². The van der Waals surface area contributed by atoms with Crippen LogP contribution in [0.4, 0.5) is 4.39 Å². The molecule has 0 aliphatic carbocycles. The van der Waals surface area contributed by atoms with Gasteiger partial charge in [0.05, 0.1) is 6.04 Å². The summed E-state index contributed by atoms with van der Waals surface area (Å²) in [5.74, 6) is -0.496. The number of halogens is 1. The SMILES string of the molecule is O=C(c1cc(=O)[nH][nH]1)N1CCCC[C@@H]1c1ccc(F)cc1. The monoisotopic (exact) mass is 289 g/mol. The first-order valence-electron chi connectivity index (χ1n) is 6.99. The molecule has 1 aliphatic rings. The van der Waals surface area contributed by atoms with E-state index in [9.17, 15) is 14.0 Å². The quantitative estimate of drug-likeness (QED) is 0.890. The number of aromatic amines is 2. The fourth-order valence-corrected chi connectivity index (χ4v) is 2.81. The summed E-state index contributed by atoms with van der Waals surface area (Å²) in [6.07, 6.45) is 2.79. The largest absolute Gasteiger partial charge is 0.330 e. The first kappa shape index (κ1) is 13.6. The Morgan fingerprint density at radius 1 is 1.19 bits per heavy atom. The molecule has 0 radical (unpaired) electrons. The zero-order chi connectivity index (χ0) is 14.8. The molecular formula is C15H16FN3O2. The highest BCUT2D eigenvalue weighted by molar-refractivity contribution is 5.92. The van der Waals surface area contributed by atoms with Gasteiger partial charge in [-0.1, -0.05) is 12.1 Å². The Balaban J connectivity index is 1.89. The van der Waals surface area contributed by atoms with Crippen molar-refractivity contribution in [2.24, 2.45) is 0 Å². The van der Waals surface area contributed by atoms with E-state index in [2.05, 4.69) is 10.2 Å². The summed E-state index contributed by atoms with van der Waals surface area (Å²) in [5, 5.41) is 4.97. The van der Waals surface area contributed by atoms with Gasteiger partial charge in [-0.3, -0.25) is 19.8 Å². The number of carbonyl (C=O) groups excluding carboxylic acids is 1. The smallest absolute Gasteiger partial charge is 0.272 e. The average Bonchev–Trinajstić information content (AvgIpc) is 2.94. The molecule has 2 heterocycles. The molecule has 1 aliphatic heterocycles. The number of nitrogens with zero attached hydrogens (tertiary/aromatic N) is 1. The maximum absolute atomic E-state index is 13.1. The van der Waals surface area contributed by atoms with Gasteiger partial charge < -0.3 is 4.90 Å². The molecule has 1 atom stereocenters. The molecule has 0 spiro atoms. The molecule has 2 N–H and O–H groups in total. The van der Waals surface area contributed by atoms with Crippen molar-refractivity contribution in [1.29, 1.82) is 0 Å². The number of amides is 1. The fraction of sp³-hybridized carbons (Fsp3) is 0.333. The van der Waals surface area contributed by atoms with Gasteiger partial charge in [0.15, 0.2) is 0 Å². The van der Waals surface area contributed by atoms with Crippen molar-refractivity contribution < 1.29 is 9.18 Å². The van der Waals surface area contributed by atoms with E-state index in [1.54, 1.807) is 17.0 Å². The summed E-state index contributed by atoms with van der Waals surface area (Å²) in [7, 11) is 0. The Bertz CT molecular complexity index is 689. The van der Waals surface area contributed by atoms with Crippen LogP contribution in [0.5, 0.6) is 0 Å². The van der Waals surface area contributed by atoms with Gasteiger partial charge in [-0.15, -0.1) is 0 Å². The van der Waals surface area contributed by atoms with Crippen LogP contribution in [0.15, 0.2) is 35.1 Å². The molecule has 1 amide bonds. The molecular weight excluding hydrogens is 273 g/mol. The van der Waals surface area contributed by atoms with Crippen molar-refractivity contribution in [3.63, 3.8) is 0 Å². The van der Waals surface area contributed by atoms with Gasteiger partial charge in [-0.05, 0) is 37.0 Å². The first-order valence-corrected chi connectivity index (χ1v) is 6.99. The Morgan fingerprint density at radius 3 is 2.62 bits per heavy atom. The molecule has 1 aromatic heterocycles. The summed E-state index contributed by atoms with van der Waals surface area (Å²) in [5.41, 5.74) is 0.852. The third-order valence-corrected chi connectivity index (χ3v) is 3.84. The molecule has 0 unspecified atom stereocenters. The zero-order valence-electron chi connectivity index (χ0n) is 11.4. The van der Waals surface area contributed by atoms with E-state index >= 15 is 0 Å². The molecule has 6 heteroatoms. The zero-order valence-corrected chi connectivity index (χ0v) is 11.4. The third-order valence-electron chi connectivity index (χ3n) is 3.84. The van der Waals surface area contributed by atoms with Crippen molar-refractivity contribution in [3.8, 4) is 0 Å². The Morgan fingerprint density at radius 2 is 1.95 bits per heavy atom. The van der Waals surface area contributed by atoms with Crippen LogP contribution in [0.2, 0.25) is 0 Å². The number of hydrogen-bond acceptors (Lipinski definition) is 2. The molecule has 21 heavy (non-hydrogen) atoms. The number of nitrogens with one attached hydrogen (secondary N) is 2. The van der Waals surface area contributed by atoms with Crippen molar-refractivity contribution in [2.45, 2.75) is 25.3 Å². The minimum absolute atomic E-state index is 0.0785. The van der Waals surface area contributed by atoms with E-state index in [0.29, 0.717) is 6.54 Å². The maximum Gasteiger partial charge on any atom is 0.272 e. The van der Waals surface area contributed by atoms with E-state index in [1.807, 2.05) is 0 Å². The lowest BCUT2D eigenvalue weighted by atomic mass is 9.95. The van der Waals surface area contributed by atoms with Crippen LogP contribution in [-0.4, -0.2) is 27.5 Å². The molecule has 0 saturated carbocycles. The van der Waals surface area contributed by atoms with Crippen LogP contribution >= 0.6 is 0 Å². The Hall–Kier alpha value is -2.37. The predicted octanol–water partition coefficient (Wildman–Crippen LogP) is 2.21. The van der Waals surface area contributed by atoms with Gasteiger partial charge in [-0.2, -0.15) is 0 Å². The standard InChI is InChI=1S/C15H16FN3O2/c16-11-6-4-10(5-7-11)13-3-1-2-8-19(13)15(21)12-9-14(20)18-17-12/h4-7,9,13H,1-3,8H2,(H2,17,18,20)/t13-/m1/s1. The molecule has 5 nitrogen and oxygen atoms in total. The van der Waals surface area contributed by atoms with Crippen LogP contribution in [0, 0.1) is 5.82 Å². The molecule has 1 aromatic carbocycles. The van der Waals surface area contributed by atoms with Crippen molar-refractivity contribution in [3.05, 3.63) is 57.8 Å². The molecule has 3 rings (SSSR count). The third kappa shape index (κ3) is 2.74. The van der Waals surface area contributed by atoms with Gasteiger partial charge in [-0.25, -0.2) is 4.39 Å². The fourth-order valence-electron chi connectivity index (χ4n) is 2.81. The van der Waals surface area contributed by atoms with E-state index in [0.717, 1.165) is 24.8 Å². The minimum atomic E-state index is -0.325. The van der Waals surface area contributed by atoms with E-state index in [1.165, 1.54) is 18.2 Å². The van der Waals surface area contributed by atoms with Crippen molar-refractivity contribution in [2.75, 3.05) is 6.54 Å². The van der Waals surface area contributed by atoms with Crippen LogP contribution in [-0.2, 0) is 0 Å². The Labute approximate surface area is 120 Å². The number of hydrogen-bond donors (Lipinski definition) is 2. The Kier molecular flexibility index (Phi) is 3.60. The number of benzene rings is 1. The van der Waals surface area contributed by atoms with Gasteiger partial charge in [0.25, 0.3) is 11.5 Å². The van der Waals surface area contributed by atoms with E-state index in [-0.39, 0.29) is 29.0 Å². The summed E-state index contributed by atoms with van der Waals surface area (Å²) in [6, 6.07) is 7.43. The lowest BCUT2D eigenvalue weighted by Crippen LogP contribution is -2.38. The number of aromatic nitrogens is 2. The second-order valence-electron chi connectivity index (χ2n) is 5.23. The number of carbonyl (C=O) groups is 1. The van der Waals surface area contributed by atoms with Crippen LogP contribution in [0.1, 0.15) is 41.4 Å². The molecule has 2 aromatic rings. The van der Waals surface area contributed by atoms with Gasteiger partial charge >= 0.3 is 0 Å². The molecule has 0 bridgehead atoms. The van der Waals surface area contributed by atoms with Gasteiger partial charge in [0, 0.05) is 12.6 Å². The lowest BCUT2D eigenvalue weighted by molar-refractivity contribution is 0.0605. The summed E-state index contributed by atoms with van der Waals surface area (Å²) in [6.45, 7) is 0.633. The van der Waals surface area contributed by atoms with Crippen LogP contribution in [0.3, 0.4) is 0 Å². The minimum Gasteiger partial charge on any atom is -0.330 e. The summed E-state index contributed by atoms with van der Waals surface area (Å²) >= 11 is 0. The number of rotatable bonds is 2. The average molecular weight is 289 g/mol. The topological polar surface area (TPSA) is 69.0 Å². The van der Waals surface area contributed by atoms with Gasteiger partial charge in [0.1, 0.15) is 11.5 Å². The second-order valence-corrected chi connectivity index (χ2v) is 5.23. The maximum atomic E-state index is 13.1. The molecule has 1 fully saturated rings. The number of likely N-dealkylation sites (tertiary alicyclic amines) is 1. The van der Waals surface area contributed by atoms with Crippen LogP contribution in [0.25, 0.3) is 0 Å².